The van der Waals surface area contributed by atoms with Crippen LogP contribution >= 0.6 is 23.2 Å². The van der Waals surface area contributed by atoms with Gasteiger partial charge in [0.2, 0.25) is 5.88 Å². The smallest absolute Gasteiger partial charge is 0.415 e. The standard InChI is InChI=1S/C37H38Cl2N4O7/c1-46-31-11-10-26(17-33(31)47-2)32(18-27-28(38)19-40-20-29(27)39)49-36(44)25-8-6-23(7-9-25)21-43(30-5-4-14-41-35(30)48-3)37(45)50-34-22-42-15-12-24(34)13-16-42/h4-11,14,17,19-20,24,32,34H,12-13,15-16,18,21-22H2,1-3H3/p+1/t32-,34-/m0/s1. The second-order valence-corrected chi connectivity index (χ2v) is 13.0. The van der Waals surface area contributed by atoms with Crippen LogP contribution in [0.3, 0.4) is 0 Å². The van der Waals surface area contributed by atoms with E-state index in [-0.39, 0.29) is 19.1 Å². The van der Waals surface area contributed by atoms with Gasteiger partial charge in [-0.1, -0.05) is 41.4 Å². The van der Waals surface area contributed by atoms with Crippen LogP contribution in [-0.4, -0.2) is 69.0 Å². The Bertz CT molecular complexity index is 1800. The second-order valence-electron chi connectivity index (χ2n) is 12.2. The first-order valence-corrected chi connectivity index (χ1v) is 17.1. The van der Waals surface area contributed by atoms with E-state index >= 15 is 0 Å². The van der Waals surface area contributed by atoms with Crippen molar-refractivity contribution in [3.63, 3.8) is 0 Å². The zero-order chi connectivity index (χ0) is 35.2. The Morgan fingerprint density at radius 1 is 0.960 bits per heavy atom. The van der Waals surface area contributed by atoms with Gasteiger partial charge in [-0.05, 0) is 79.4 Å². The Morgan fingerprint density at radius 3 is 2.32 bits per heavy atom. The fourth-order valence-electron chi connectivity index (χ4n) is 6.49. The molecule has 0 saturated carbocycles. The third kappa shape index (κ3) is 7.90. The van der Waals surface area contributed by atoms with Crippen molar-refractivity contribution < 1.29 is 38.3 Å². The van der Waals surface area contributed by atoms with E-state index in [0.29, 0.717) is 55.7 Å². The molecule has 11 nitrogen and oxygen atoms in total. The van der Waals surface area contributed by atoms with E-state index < -0.39 is 18.2 Å². The molecule has 7 rings (SSSR count). The molecule has 0 spiro atoms. The van der Waals surface area contributed by atoms with E-state index in [0.717, 1.165) is 38.0 Å². The van der Waals surface area contributed by atoms with Gasteiger partial charge in [0.15, 0.2) is 23.9 Å². The maximum atomic E-state index is 13.8. The normalized spacial score (nSPS) is 18.5. The maximum absolute atomic E-state index is 13.8. The van der Waals surface area contributed by atoms with Gasteiger partial charge in [0.05, 0.1) is 33.4 Å². The van der Waals surface area contributed by atoms with Crippen LogP contribution in [0.1, 0.15) is 46.0 Å². The topological polar surface area (TPSA) is 114 Å². The summed E-state index contributed by atoms with van der Waals surface area (Å²) < 4.78 is 28.6. The number of nitrogens with one attached hydrogen (secondary N) is 1. The van der Waals surface area contributed by atoms with Crippen LogP contribution in [0.4, 0.5) is 10.5 Å². The third-order valence-electron chi connectivity index (χ3n) is 9.25. The molecule has 2 aromatic heterocycles. The van der Waals surface area contributed by atoms with Gasteiger partial charge in [-0.25, -0.2) is 19.6 Å². The summed E-state index contributed by atoms with van der Waals surface area (Å²) in [7, 11) is 4.59. The molecule has 4 aromatic rings. The molecule has 3 saturated heterocycles. The SMILES string of the molecule is COc1ccc([C@H](Cc2c(Cl)c[nH+]cc2Cl)OC(=O)c2ccc(CN(C(=O)O[C@H]3CN4CCC3CC4)c3cccnc3OC)cc2)cc1OC. The monoisotopic (exact) mass is 721 g/mol. The fourth-order valence-corrected chi connectivity index (χ4v) is 7.03. The predicted octanol–water partition coefficient (Wildman–Crippen LogP) is 6.61. The average Bonchev–Trinajstić information content (AvgIpc) is 3.15. The number of fused-ring (bicyclic) bond motifs is 3. The van der Waals surface area contributed by atoms with Crippen LogP contribution in [0.15, 0.2) is 73.2 Å². The summed E-state index contributed by atoms with van der Waals surface area (Å²) in [6.07, 6.45) is 5.65. The number of H-pyrrole nitrogens is 1. The molecule has 0 radical (unpaired) electrons. The van der Waals surface area contributed by atoms with Crippen LogP contribution in [0.25, 0.3) is 0 Å². The van der Waals surface area contributed by atoms with Crippen molar-refractivity contribution in [1.82, 2.24) is 9.88 Å². The number of ether oxygens (including phenoxy) is 5. The predicted molar refractivity (Wildman–Crippen MR) is 187 cm³/mol. The first-order chi connectivity index (χ1) is 24.3. The minimum atomic E-state index is -0.769. The number of nitrogens with zero attached hydrogens (tertiary/aromatic N) is 3. The lowest BCUT2D eigenvalue weighted by Crippen LogP contribution is -2.53. The van der Waals surface area contributed by atoms with Crippen molar-refractivity contribution >= 4 is 41.0 Å². The van der Waals surface area contributed by atoms with Crippen LogP contribution in [0, 0.1) is 5.92 Å². The number of hydrogen-bond donors (Lipinski definition) is 0. The van der Waals surface area contributed by atoms with E-state index in [4.69, 9.17) is 46.9 Å². The number of piperidine rings is 3. The lowest BCUT2D eigenvalue weighted by molar-refractivity contribution is -0.377. The maximum Gasteiger partial charge on any atom is 0.415 e. The molecule has 1 N–H and O–H groups in total. The van der Waals surface area contributed by atoms with Crippen LogP contribution < -0.4 is 24.1 Å². The van der Waals surface area contributed by atoms with Gasteiger partial charge < -0.3 is 23.7 Å². The molecule has 0 aliphatic carbocycles. The van der Waals surface area contributed by atoms with Crippen LogP contribution in [0.5, 0.6) is 17.4 Å². The van der Waals surface area contributed by atoms with Gasteiger partial charge in [0.1, 0.15) is 27.9 Å². The summed E-state index contributed by atoms with van der Waals surface area (Å²) in [5.41, 5.74) is 2.84. The molecule has 1 amide bonds. The number of pyridine rings is 2. The van der Waals surface area contributed by atoms with Gasteiger partial charge in [-0.15, -0.1) is 0 Å². The van der Waals surface area contributed by atoms with E-state index in [9.17, 15) is 9.59 Å². The largest absolute Gasteiger partial charge is 0.493 e. The van der Waals surface area contributed by atoms with E-state index in [1.807, 2.05) is 0 Å². The summed E-state index contributed by atoms with van der Waals surface area (Å²) in [4.78, 5) is 38.5. The molecule has 2 aromatic carbocycles. The molecular formula is C37H39Cl2N4O7+. The van der Waals surface area contributed by atoms with Crippen LogP contribution in [-0.2, 0) is 22.4 Å². The number of hydrogen-bond acceptors (Lipinski definition) is 9. The van der Waals surface area contributed by atoms with Crippen LogP contribution in [0.2, 0.25) is 10.0 Å². The van der Waals surface area contributed by atoms with Gasteiger partial charge in [0, 0.05) is 24.7 Å². The van der Waals surface area contributed by atoms with Gasteiger partial charge in [0.25, 0.3) is 0 Å². The fraction of sp³-hybridized carbons (Fsp3) is 0.351. The van der Waals surface area contributed by atoms with E-state index in [1.54, 1.807) is 80.3 Å². The molecule has 0 unspecified atom stereocenters. The molecule has 5 heterocycles. The number of halogens is 2. The number of carbonyl (C=O) groups is 2. The molecule has 3 aliphatic rings. The highest BCUT2D eigenvalue weighted by molar-refractivity contribution is 6.35. The minimum Gasteiger partial charge on any atom is -0.493 e. The van der Waals surface area contributed by atoms with E-state index in [2.05, 4.69) is 14.9 Å². The third-order valence-corrected chi connectivity index (χ3v) is 9.92. The summed E-state index contributed by atoms with van der Waals surface area (Å²) in [5, 5.41) is 0.815. The zero-order valence-corrected chi connectivity index (χ0v) is 29.6. The molecular weight excluding hydrogens is 683 g/mol. The molecule has 262 valence electrons. The van der Waals surface area contributed by atoms with Crippen molar-refractivity contribution in [2.24, 2.45) is 5.92 Å². The number of rotatable bonds is 12. The number of amides is 1. The Balaban J connectivity index is 1.22. The number of benzene rings is 2. The highest BCUT2D eigenvalue weighted by Gasteiger charge is 2.38. The Hall–Kier alpha value is -4.58. The summed E-state index contributed by atoms with van der Waals surface area (Å²) in [5.74, 6) is 1.11. The average molecular weight is 723 g/mol. The lowest BCUT2D eigenvalue weighted by atomic mass is 9.86. The number of esters is 1. The van der Waals surface area contributed by atoms with E-state index in [1.165, 1.54) is 19.1 Å². The molecule has 50 heavy (non-hydrogen) atoms. The number of aromatic nitrogens is 2. The first-order valence-electron chi connectivity index (χ1n) is 16.3. The summed E-state index contributed by atoms with van der Waals surface area (Å²) in [6, 6.07) is 15.7. The quantitative estimate of drug-likeness (QED) is 0.149. The Labute approximate surface area is 301 Å². The van der Waals surface area contributed by atoms with Gasteiger partial charge in [-0.2, -0.15) is 0 Å². The second kappa shape index (κ2) is 16.0. The Kier molecular flexibility index (Phi) is 11.3. The number of aromatic amines is 1. The zero-order valence-electron chi connectivity index (χ0n) is 28.1. The Morgan fingerprint density at radius 2 is 1.68 bits per heavy atom. The van der Waals surface area contributed by atoms with Crippen molar-refractivity contribution in [1.29, 1.82) is 0 Å². The molecule has 3 fully saturated rings. The molecule has 2 bridgehead atoms. The first kappa shape index (κ1) is 35.3. The van der Waals surface area contributed by atoms with Gasteiger partial charge >= 0.3 is 12.1 Å². The van der Waals surface area contributed by atoms with Crippen molar-refractivity contribution in [3.05, 3.63) is 105 Å². The molecule has 13 heteroatoms. The minimum absolute atomic E-state index is 0.160. The summed E-state index contributed by atoms with van der Waals surface area (Å²) >= 11 is 13.0. The highest BCUT2D eigenvalue weighted by atomic mass is 35.5. The number of anilines is 1. The van der Waals surface area contributed by atoms with Crippen molar-refractivity contribution in [2.45, 2.75) is 38.0 Å². The number of methoxy groups -OCH3 is 3. The van der Waals surface area contributed by atoms with Gasteiger partial charge in [-0.3, -0.25) is 9.80 Å². The highest BCUT2D eigenvalue weighted by Crippen LogP contribution is 2.36. The van der Waals surface area contributed by atoms with Crippen molar-refractivity contribution in [3.8, 4) is 17.4 Å². The summed E-state index contributed by atoms with van der Waals surface area (Å²) in [6.45, 7) is 2.97. The molecule has 2 atom stereocenters. The van der Waals surface area contributed by atoms with Crippen molar-refractivity contribution in [2.75, 3.05) is 45.9 Å². The number of carbonyl (C=O) groups excluding carboxylic acids is 2. The lowest BCUT2D eigenvalue weighted by Gasteiger charge is -2.44. The molecule has 3 aliphatic heterocycles.